The Hall–Kier alpha value is -1.02. The fourth-order valence-corrected chi connectivity index (χ4v) is 4.03. The zero-order valence-electron chi connectivity index (χ0n) is 12.1. The van der Waals surface area contributed by atoms with Crippen LogP contribution in [0.5, 0.6) is 0 Å². The van der Waals surface area contributed by atoms with Gasteiger partial charge in [0.1, 0.15) is 10.7 Å². The van der Waals surface area contributed by atoms with Crippen molar-refractivity contribution in [2.24, 2.45) is 5.92 Å². The molecule has 118 valence electrons. The largest absolute Gasteiger partial charge is 0.392 e. The van der Waals surface area contributed by atoms with Gasteiger partial charge in [-0.2, -0.15) is 4.31 Å². The van der Waals surface area contributed by atoms with E-state index in [4.69, 9.17) is 9.84 Å². The molecule has 21 heavy (non-hydrogen) atoms. The fourth-order valence-electron chi connectivity index (χ4n) is 2.52. The molecule has 0 aromatic heterocycles. The van der Waals surface area contributed by atoms with Gasteiger partial charge in [-0.1, -0.05) is 13.0 Å². The van der Waals surface area contributed by atoms with E-state index >= 15 is 0 Å². The van der Waals surface area contributed by atoms with E-state index in [2.05, 4.69) is 0 Å². The van der Waals surface area contributed by atoms with Gasteiger partial charge < -0.3 is 9.84 Å². The number of aliphatic hydroxyl groups is 1. The second-order valence-electron chi connectivity index (χ2n) is 5.33. The van der Waals surface area contributed by atoms with Gasteiger partial charge in [0, 0.05) is 20.2 Å². The van der Waals surface area contributed by atoms with Gasteiger partial charge in [0.2, 0.25) is 10.0 Å². The van der Waals surface area contributed by atoms with E-state index in [1.165, 1.54) is 16.4 Å². The van der Waals surface area contributed by atoms with Crippen molar-refractivity contribution in [2.75, 3.05) is 20.2 Å². The van der Waals surface area contributed by atoms with Crippen LogP contribution in [-0.4, -0.2) is 44.1 Å². The third-order valence-corrected chi connectivity index (χ3v) is 5.85. The second kappa shape index (κ2) is 6.39. The Labute approximate surface area is 124 Å². The lowest BCUT2D eigenvalue weighted by atomic mass is 9.97. The Morgan fingerprint density at radius 2 is 2.19 bits per heavy atom. The van der Waals surface area contributed by atoms with E-state index < -0.39 is 15.8 Å². The molecule has 2 rings (SSSR count). The molecule has 0 bridgehead atoms. The second-order valence-corrected chi connectivity index (χ2v) is 7.23. The predicted molar refractivity (Wildman–Crippen MR) is 75.7 cm³/mol. The summed E-state index contributed by atoms with van der Waals surface area (Å²) in [5.74, 6) is -0.572. The molecule has 2 unspecified atom stereocenters. The number of rotatable bonds is 4. The van der Waals surface area contributed by atoms with E-state index in [9.17, 15) is 12.8 Å². The summed E-state index contributed by atoms with van der Waals surface area (Å²) in [6, 6.07) is 3.67. The number of nitrogens with zero attached hydrogens (tertiary/aromatic N) is 1. The summed E-state index contributed by atoms with van der Waals surface area (Å²) in [5, 5.41) is 8.96. The van der Waals surface area contributed by atoms with Crippen molar-refractivity contribution in [2.45, 2.75) is 31.0 Å². The molecule has 0 saturated carbocycles. The minimum Gasteiger partial charge on any atom is -0.392 e. The molecule has 7 heteroatoms. The van der Waals surface area contributed by atoms with Crippen molar-refractivity contribution >= 4 is 10.0 Å². The van der Waals surface area contributed by atoms with E-state index in [0.717, 1.165) is 6.07 Å². The number of hydrogen-bond acceptors (Lipinski definition) is 4. The van der Waals surface area contributed by atoms with Gasteiger partial charge in [0.15, 0.2) is 0 Å². The normalized spacial score (nSPS) is 24.2. The van der Waals surface area contributed by atoms with Crippen molar-refractivity contribution in [3.8, 4) is 0 Å². The summed E-state index contributed by atoms with van der Waals surface area (Å²) in [7, 11) is -2.34. The molecule has 1 aliphatic rings. The molecule has 0 radical (unpaired) electrons. The summed E-state index contributed by atoms with van der Waals surface area (Å²) >= 11 is 0. The quantitative estimate of drug-likeness (QED) is 0.910. The molecule has 5 nitrogen and oxygen atoms in total. The Bertz CT molecular complexity index is 605. The Morgan fingerprint density at radius 1 is 1.48 bits per heavy atom. The Balaban J connectivity index is 2.30. The summed E-state index contributed by atoms with van der Waals surface area (Å²) in [6.45, 7) is 2.25. The first kappa shape index (κ1) is 16.4. The molecule has 1 aromatic carbocycles. The summed E-state index contributed by atoms with van der Waals surface area (Å²) < 4.78 is 45.6. The highest BCUT2D eigenvalue weighted by Crippen LogP contribution is 2.27. The molecule has 1 aliphatic heterocycles. The topological polar surface area (TPSA) is 66.8 Å². The number of halogens is 1. The van der Waals surface area contributed by atoms with Crippen LogP contribution < -0.4 is 0 Å². The van der Waals surface area contributed by atoms with Gasteiger partial charge in [0.25, 0.3) is 0 Å². The zero-order chi connectivity index (χ0) is 15.6. The van der Waals surface area contributed by atoms with Crippen molar-refractivity contribution in [3.05, 3.63) is 29.6 Å². The first-order valence-electron chi connectivity index (χ1n) is 6.82. The molecule has 1 fully saturated rings. The van der Waals surface area contributed by atoms with Gasteiger partial charge in [-0.15, -0.1) is 0 Å². The molecular formula is C14H20FNO4S. The number of sulfonamides is 1. The van der Waals surface area contributed by atoms with Gasteiger partial charge in [-0.05, 0) is 30.0 Å². The first-order valence-corrected chi connectivity index (χ1v) is 8.26. The van der Waals surface area contributed by atoms with E-state index in [-0.39, 0.29) is 30.1 Å². The smallest absolute Gasteiger partial charge is 0.246 e. The average Bonchev–Trinajstić information content (AvgIpc) is 2.47. The van der Waals surface area contributed by atoms with Crippen LogP contribution in [0.1, 0.15) is 18.9 Å². The maximum atomic E-state index is 14.0. The van der Waals surface area contributed by atoms with Crippen LogP contribution in [0.25, 0.3) is 0 Å². The minimum atomic E-state index is -3.89. The van der Waals surface area contributed by atoms with Gasteiger partial charge >= 0.3 is 0 Å². The lowest BCUT2D eigenvalue weighted by Gasteiger charge is -2.35. The maximum Gasteiger partial charge on any atom is 0.246 e. The van der Waals surface area contributed by atoms with Crippen LogP contribution in [0.4, 0.5) is 4.39 Å². The molecule has 1 heterocycles. The van der Waals surface area contributed by atoms with Crippen LogP contribution in [0.15, 0.2) is 23.1 Å². The Morgan fingerprint density at radius 3 is 2.76 bits per heavy atom. The molecule has 1 N–H and O–H groups in total. The number of aliphatic hydroxyl groups excluding tert-OH is 1. The van der Waals surface area contributed by atoms with Crippen LogP contribution in [0, 0.1) is 11.7 Å². The van der Waals surface area contributed by atoms with Crippen LogP contribution in [-0.2, 0) is 21.4 Å². The average molecular weight is 317 g/mol. The monoisotopic (exact) mass is 317 g/mol. The molecule has 0 amide bonds. The summed E-state index contributed by atoms with van der Waals surface area (Å²) in [4.78, 5) is -0.357. The number of ether oxygens (including phenoxy) is 1. The highest BCUT2D eigenvalue weighted by atomic mass is 32.2. The summed E-state index contributed by atoms with van der Waals surface area (Å²) in [6.07, 6.45) is 0.488. The van der Waals surface area contributed by atoms with Crippen molar-refractivity contribution in [1.82, 2.24) is 4.31 Å². The van der Waals surface area contributed by atoms with Gasteiger partial charge in [-0.3, -0.25) is 0 Å². The number of benzene rings is 1. The highest BCUT2D eigenvalue weighted by molar-refractivity contribution is 7.89. The first-order chi connectivity index (χ1) is 9.90. The highest BCUT2D eigenvalue weighted by Gasteiger charge is 2.35. The predicted octanol–water partition coefficient (Wildman–Crippen LogP) is 1.36. The lowest BCUT2D eigenvalue weighted by molar-refractivity contribution is 0.0183. The standard InChI is InChI=1S/C14H20FNO4S/c1-10-5-6-16(8-13(10)20-2)21(18,19)14-4-3-11(9-17)7-12(14)15/h3-4,7,10,13,17H,5-6,8-9H2,1-2H3. The Kier molecular flexibility index (Phi) is 4.98. The molecule has 0 spiro atoms. The van der Waals surface area contributed by atoms with E-state index in [1.807, 2.05) is 6.92 Å². The van der Waals surface area contributed by atoms with Crippen LogP contribution in [0.2, 0.25) is 0 Å². The minimum absolute atomic E-state index is 0.187. The molecule has 2 atom stereocenters. The molecule has 0 aliphatic carbocycles. The fraction of sp³-hybridized carbons (Fsp3) is 0.571. The molecule has 1 aromatic rings. The zero-order valence-corrected chi connectivity index (χ0v) is 12.9. The SMILES string of the molecule is COC1CN(S(=O)(=O)c2ccc(CO)cc2F)CCC1C. The number of piperidine rings is 1. The van der Waals surface area contributed by atoms with E-state index in [1.54, 1.807) is 7.11 Å². The van der Waals surface area contributed by atoms with Gasteiger partial charge in [0.05, 0.1) is 12.7 Å². The third kappa shape index (κ3) is 3.26. The number of hydrogen-bond donors (Lipinski definition) is 1. The van der Waals surface area contributed by atoms with Crippen molar-refractivity contribution in [1.29, 1.82) is 0 Å². The lowest BCUT2D eigenvalue weighted by Crippen LogP contribution is -2.46. The number of methoxy groups -OCH3 is 1. The summed E-state index contributed by atoms with van der Waals surface area (Å²) in [5.41, 5.74) is 0.341. The third-order valence-electron chi connectivity index (χ3n) is 3.95. The maximum absolute atomic E-state index is 14.0. The molecule has 1 saturated heterocycles. The van der Waals surface area contributed by atoms with E-state index in [0.29, 0.717) is 18.5 Å². The van der Waals surface area contributed by atoms with Gasteiger partial charge in [-0.25, -0.2) is 12.8 Å². The van der Waals surface area contributed by atoms with Crippen LogP contribution in [0.3, 0.4) is 0 Å². The van der Waals surface area contributed by atoms with Crippen molar-refractivity contribution in [3.63, 3.8) is 0 Å². The molecular weight excluding hydrogens is 297 g/mol. The van der Waals surface area contributed by atoms with Crippen molar-refractivity contribution < 1.29 is 22.7 Å². The van der Waals surface area contributed by atoms with Crippen LogP contribution >= 0.6 is 0 Å².